The molecule has 1 aliphatic rings. The van der Waals surface area contributed by atoms with Gasteiger partial charge in [-0.3, -0.25) is 4.40 Å². The largest absolute Gasteiger partial charge is 0.492 e. The topological polar surface area (TPSA) is 48.7 Å². The molecule has 2 aromatic heterocycles. The second-order valence-corrected chi connectivity index (χ2v) is 4.67. The van der Waals surface area contributed by atoms with E-state index in [2.05, 4.69) is 28.2 Å². The van der Waals surface area contributed by atoms with E-state index in [9.17, 15) is 0 Å². The van der Waals surface area contributed by atoms with Crippen molar-refractivity contribution in [3.63, 3.8) is 0 Å². The average Bonchev–Trinajstić information content (AvgIpc) is 3.12. The van der Waals surface area contributed by atoms with Crippen molar-refractivity contribution in [1.82, 2.24) is 14.4 Å². The molecule has 0 fully saturated rings. The second-order valence-electron chi connectivity index (χ2n) is 4.67. The fourth-order valence-electron chi connectivity index (χ4n) is 2.66. The number of hydrogen-bond acceptors (Lipinski definition) is 4. The molecule has 1 aliphatic heterocycles. The van der Waals surface area contributed by atoms with Gasteiger partial charge in [-0.15, -0.1) is 0 Å². The molecule has 4 rings (SSSR count). The fourth-order valence-corrected chi connectivity index (χ4v) is 2.66. The Morgan fingerprint density at radius 1 is 1.30 bits per heavy atom. The van der Waals surface area contributed by atoms with Crippen LogP contribution in [0.1, 0.15) is 5.56 Å². The Labute approximate surface area is 115 Å². The molecule has 0 bridgehead atoms. The first-order chi connectivity index (χ1) is 9.88. The lowest BCUT2D eigenvalue weighted by atomic mass is 10.1. The van der Waals surface area contributed by atoms with Crippen molar-refractivity contribution in [3.05, 3.63) is 42.4 Å². The van der Waals surface area contributed by atoms with Crippen LogP contribution in [-0.4, -0.2) is 28.1 Å². The molecule has 0 atom stereocenters. The molecule has 20 heavy (non-hydrogen) atoms. The summed E-state index contributed by atoms with van der Waals surface area (Å²) in [5, 5.41) is 0. The van der Waals surface area contributed by atoms with E-state index in [4.69, 9.17) is 9.47 Å². The van der Waals surface area contributed by atoms with Gasteiger partial charge in [0.2, 0.25) is 5.65 Å². The first-order valence-corrected chi connectivity index (χ1v) is 6.49. The molecule has 0 spiro atoms. The number of benzene rings is 1. The van der Waals surface area contributed by atoms with E-state index in [1.165, 1.54) is 5.56 Å². The minimum atomic E-state index is 0.521. The van der Waals surface area contributed by atoms with Gasteiger partial charge in [0.15, 0.2) is 0 Å². The lowest BCUT2D eigenvalue weighted by Crippen LogP contribution is -1.95. The first-order valence-electron chi connectivity index (χ1n) is 6.49. The third-order valence-corrected chi connectivity index (χ3v) is 3.58. The van der Waals surface area contributed by atoms with E-state index in [0.29, 0.717) is 11.5 Å². The van der Waals surface area contributed by atoms with Crippen LogP contribution in [0.5, 0.6) is 11.6 Å². The highest BCUT2D eigenvalue weighted by atomic mass is 16.5. The summed E-state index contributed by atoms with van der Waals surface area (Å²) in [6, 6.07) is 6.22. The molecule has 5 nitrogen and oxygen atoms in total. The molecular weight excluding hydrogens is 254 g/mol. The number of nitrogens with zero attached hydrogens (tertiary/aromatic N) is 3. The van der Waals surface area contributed by atoms with Gasteiger partial charge in [0.25, 0.3) is 5.88 Å². The smallest absolute Gasteiger partial charge is 0.258 e. The monoisotopic (exact) mass is 267 g/mol. The molecule has 1 aromatic carbocycles. The molecule has 0 amide bonds. The summed E-state index contributed by atoms with van der Waals surface area (Å²) in [6.07, 6.45) is 6.39. The summed E-state index contributed by atoms with van der Waals surface area (Å²) in [6.45, 7) is 0.744. The van der Waals surface area contributed by atoms with E-state index >= 15 is 0 Å². The summed E-state index contributed by atoms with van der Waals surface area (Å²) in [7, 11) is 1.60. The highest BCUT2D eigenvalue weighted by Crippen LogP contribution is 2.37. The fraction of sp³-hybridized carbons (Fsp3) is 0.200. The predicted molar refractivity (Wildman–Crippen MR) is 74.2 cm³/mol. The van der Waals surface area contributed by atoms with E-state index in [-0.39, 0.29) is 0 Å². The van der Waals surface area contributed by atoms with Gasteiger partial charge in [0, 0.05) is 24.4 Å². The number of aromatic nitrogens is 3. The molecule has 0 radical (unpaired) electrons. The van der Waals surface area contributed by atoms with Gasteiger partial charge in [0.1, 0.15) is 5.75 Å². The molecular formula is C15H13N3O2. The normalized spacial score (nSPS) is 13.2. The first kappa shape index (κ1) is 11.3. The quantitative estimate of drug-likeness (QED) is 0.715. The van der Waals surface area contributed by atoms with Gasteiger partial charge in [-0.25, -0.2) is 9.97 Å². The Morgan fingerprint density at radius 2 is 2.25 bits per heavy atom. The molecule has 0 saturated heterocycles. The van der Waals surface area contributed by atoms with Crippen LogP contribution in [0.4, 0.5) is 0 Å². The van der Waals surface area contributed by atoms with E-state index in [1.807, 2.05) is 16.8 Å². The Morgan fingerprint density at radius 3 is 3.15 bits per heavy atom. The van der Waals surface area contributed by atoms with Crippen molar-refractivity contribution in [2.24, 2.45) is 0 Å². The molecule has 0 unspecified atom stereocenters. The Hall–Kier alpha value is -2.56. The van der Waals surface area contributed by atoms with Crippen LogP contribution in [0.25, 0.3) is 16.9 Å². The highest BCUT2D eigenvalue weighted by Gasteiger charge is 2.19. The second kappa shape index (κ2) is 4.23. The highest BCUT2D eigenvalue weighted by molar-refractivity contribution is 5.73. The van der Waals surface area contributed by atoms with Gasteiger partial charge in [0.05, 0.1) is 25.6 Å². The maximum absolute atomic E-state index is 5.77. The lowest BCUT2D eigenvalue weighted by Gasteiger charge is -2.08. The third-order valence-electron chi connectivity index (χ3n) is 3.58. The molecule has 0 N–H and O–H groups in total. The Balaban J connectivity index is 1.98. The molecule has 3 aromatic rings. The summed E-state index contributed by atoms with van der Waals surface area (Å²) >= 11 is 0. The standard InChI is InChI=1S/C15H13N3O2/c1-19-15-14-17-9-12(18(14)7-6-16-15)11-4-2-3-10-5-8-20-13(10)11/h2-4,6-7,9H,5,8H2,1H3. The van der Waals surface area contributed by atoms with Gasteiger partial charge in [-0.05, 0) is 11.6 Å². The summed E-state index contributed by atoms with van der Waals surface area (Å²) in [4.78, 5) is 8.58. The molecule has 100 valence electrons. The molecule has 0 saturated carbocycles. The van der Waals surface area contributed by atoms with Crippen molar-refractivity contribution >= 4 is 5.65 Å². The summed E-state index contributed by atoms with van der Waals surface area (Å²) in [5.41, 5.74) is 4.00. The van der Waals surface area contributed by atoms with E-state index in [0.717, 1.165) is 30.0 Å². The van der Waals surface area contributed by atoms with Crippen LogP contribution < -0.4 is 9.47 Å². The van der Waals surface area contributed by atoms with Gasteiger partial charge >= 0.3 is 0 Å². The van der Waals surface area contributed by atoms with Crippen molar-refractivity contribution < 1.29 is 9.47 Å². The van der Waals surface area contributed by atoms with Crippen LogP contribution in [0.3, 0.4) is 0 Å². The van der Waals surface area contributed by atoms with Crippen LogP contribution >= 0.6 is 0 Å². The molecule has 5 heteroatoms. The zero-order chi connectivity index (χ0) is 13.5. The van der Waals surface area contributed by atoms with Crippen molar-refractivity contribution in [2.45, 2.75) is 6.42 Å². The number of methoxy groups -OCH3 is 1. The zero-order valence-electron chi connectivity index (χ0n) is 11.0. The van der Waals surface area contributed by atoms with Gasteiger partial charge in [-0.2, -0.15) is 0 Å². The third kappa shape index (κ3) is 1.49. The maximum atomic E-state index is 5.77. The van der Waals surface area contributed by atoms with Gasteiger partial charge < -0.3 is 9.47 Å². The van der Waals surface area contributed by atoms with E-state index < -0.39 is 0 Å². The van der Waals surface area contributed by atoms with Crippen LogP contribution in [0.15, 0.2) is 36.8 Å². The number of rotatable bonds is 2. The van der Waals surface area contributed by atoms with Crippen molar-refractivity contribution in [2.75, 3.05) is 13.7 Å². The van der Waals surface area contributed by atoms with Crippen LogP contribution in [0.2, 0.25) is 0 Å². The SMILES string of the molecule is COc1nccn2c(-c3cccc4c3OCC4)cnc12. The van der Waals surface area contributed by atoms with Crippen molar-refractivity contribution in [1.29, 1.82) is 0 Å². The van der Waals surface area contributed by atoms with Crippen LogP contribution in [-0.2, 0) is 6.42 Å². The Kier molecular flexibility index (Phi) is 2.39. The van der Waals surface area contributed by atoms with E-state index in [1.54, 1.807) is 13.3 Å². The summed E-state index contributed by atoms with van der Waals surface area (Å²) < 4.78 is 13.0. The number of ether oxygens (including phenoxy) is 2. The maximum Gasteiger partial charge on any atom is 0.258 e. The van der Waals surface area contributed by atoms with Crippen molar-refractivity contribution in [3.8, 4) is 22.9 Å². The number of hydrogen-bond donors (Lipinski definition) is 0. The number of para-hydroxylation sites is 1. The minimum Gasteiger partial charge on any atom is -0.492 e. The minimum absolute atomic E-state index is 0.521. The van der Waals surface area contributed by atoms with Gasteiger partial charge in [-0.1, -0.05) is 12.1 Å². The Bertz CT molecular complexity index is 795. The molecule has 3 heterocycles. The predicted octanol–water partition coefficient (Wildman–Crippen LogP) is 2.34. The lowest BCUT2D eigenvalue weighted by molar-refractivity contribution is 0.358. The summed E-state index contributed by atoms with van der Waals surface area (Å²) in [5.74, 6) is 1.48. The number of fused-ring (bicyclic) bond motifs is 2. The van der Waals surface area contributed by atoms with Crippen LogP contribution in [0, 0.1) is 0 Å². The molecule has 0 aliphatic carbocycles. The number of imidazole rings is 1. The average molecular weight is 267 g/mol. The zero-order valence-corrected chi connectivity index (χ0v) is 11.0.